The molecule has 0 saturated carbocycles. The first-order valence-electron chi connectivity index (χ1n) is 4.51. The Morgan fingerprint density at radius 2 is 2.13 bits per heavy atom. The van der Waals surface area contributed by atoms with Gasteiger partial charge >= 0.3 is 5.97 Å². The number of β-lactam (4-membered cyclic amide) rings is 1. The number of carbonyl (C=O) groups excluding carboxylic acids is 1. The number of nitrogens with two attached hydrogens (primary N) is 1. The molecule has 0 aromatic heterocycles. The summed E-state index contributed by atoms with van der Waals surface area (Å²) in [5.41, 5.74) is 5.50. The number of amides is 1. The van der Waals surface area contributed by atoms with Crippen molar-refractivity contribution in [2.24, 2.45) is 5.73 Å². The van der Waals surface area contributed by atoms with E-state index >= 15 is 0 Å². The first-order chi connectivity index (χ1) is 6.80. The first-order valence-corrected chi connectivity index (χ1v) is 5.72. The summed E-state index contributed by atoms with van der Waals surface area (Å²) < 4.78 is 11.0. The minimum atomic E-state index is -1.42. The average molecular weight is 232 g/mol. The van der Waals surface area contributed by atoms with Gasteiger partial charge < -0.3 is 15.7 Å². The van der Waals surface area contributed by atoms with Crippen molar-refractivity contribution >= 4 is 22.7 Å². The molecule has 1 amide bonds. The molecule has 0 bridgehead atoms. The number of hydrogen-bond acceptors (Lipinski definition) is 4. The molecule has 0 aromatic rings. The normalized spacial score (nSPS) is 42.3. The summed E-state index contributed by atoms with van der Waals surface area (Å²) in [5.74, 6) is -1.55. The molecular weight excluding hydrogens is 220 g/mol. The van der Waals surface area contributed by atoms with Crippen LogP contribution in [-0.4, -0.2) is 48.3 Å². The highest BCUT2D eigenvalue weighted by molar-refractivity contribution is 7.87. The van der Waals surface area contributed by atoms with Gasteiger partial charge in [-0.2, -0.15) is 0 Å². The number of carboxylic acids is 1. The van der Waals surface area contributed by atoms with Crippen LogP contribution in [-0.2, 0) is 20.4 Å². The van der Waals surface area contributed by atoms with Crippen molar-refractivity contribution in [2.75, 3.05) is 0 Å². The van der Waals surface area contributed by atoms with Crippen LogP contribution in [0, 0.1) is 0 Å². The van der Waals surface area contributed by atoms with E-state index in [1.807, 2.05) is 0 Å². The molecule has 84 valence electrons. The standard InChI is InChI=1S/C8H12N2O4S/c1-8(2)4(7(12)13)10-5(11)3(9)6(10)15(8)14/h3-4,6H,9H2,1-2H3,(H,12,13)/t3-,4+,6-,15?/m1/s1. The predicted octanol–water partition coefficient (Wildman–Crippen LogP) is -1.52. The fourth-order valence-electron chi connectivity index (χ4n) is 2.19. The Morgan fingerprint density at radius 1 is 1.60 bits per heavy atom. The van der Waals surface area contributed by atoms with Crippen LogP contribution in [0.1, 0.15) is 13.8 Å². The highest BCUT2D eigenvalue weighted by atomic mass is 32.2. The Bertz CT molecular complexity index is 381. The molecule has 7 heteroatoms. The molecule has 0 radical (unpaired) electrons. The van der Waals surface area contributed by atoms with Gasteiger partial charge in [-0.05, 0) is 13.8 Å². The quantitative estimate of drug-likeness (QED) is 0.534. The number of nitrogens with zero attached hydrogens (tertiary/aromatic N) is 1. The Hall–Kier alpha value is -0.950. The number of aliphatic carboxylic acids is 1. The van der Waals surface area contributed by atoms with Gasteiger partial charge in [0.05, 0.1) is 15.5 Å². The second kappa shape index (κ2) is 2.79. The van der Waals surface area contributed by atoms with Gasteiger partial charge in [0.15, 0.2) is 0 Å². The third-order valence-electron chi connectivity index (χ3n) is 3.03. The van der Waals surface area contributed by atoms with Gasteiger partial charge in [-0.15, -0.1) is 0 Å². The van der Waals surface area contributed by atoms with Crippen LogP contribution >= 0.6 is 0 Å². The largest absolute Gasteiger partial charge is 0.480 e. The highest BCUT2D eigenvalue weighted by Crippen LogP contribution is 2.42. The van der Waals surface area contributed by atoms with Crippen LogP contribution in [0.5, 0.6) is 0 Å². The molecule has 6 nitrogen and oxygen atoms in total. The van der Waals surface area contributed by atoms with E-state index in [9.17, 15) is 13.8 Å². The maximum atomic E-state index is 11.9. The lowest BCUT2D eigenvalue weighted by atomic mass is 9.96. The van der Waals surface area contributed by atoms with Crippen LogP contribution in [0.3, 0.4) is 0 Å². The second-order valence-corrected chi connectivity index (χ2v) is 6.43. The van der Waals surface area contributed by atoms with E-state index in [2.05, 4.69) is 0 Å². The Kier molecular flexibility index (Phi) is 1.97. The van der Waals surface area contributed by atoms with Crippen molar-refractivity contribution in [3.05, 3.63) is 0 Å². The SMILES string of the molecule is CC1(C)[C@H](C(=O)O)N2C(=O)[C@@H](N)[C@H]2S1=O. The molecule has 2 aliphatic heterocycles. The van der Waals surface area contributed by atoms with Crippen molar-refractivity contribution in [3.63, 3.8) is 0 Å². The van der Waals surface area contributed by atoms with E-state index in [0.29, 0.717) is 0 Å². The molecule has 15 heavy (non-hydrogen) atoms. The third kappa shape index (κ3) is 1.04. The van der Waals surface area contributed by atoms with Crippen LogP contribution in [0.25, 0.3) is 0 Å². The fourth-order valence-corrected chi connectivity index (χ4v) is 4.06. The third-order valence-corrected chi connectivity index (χ3v) is 5.25. The lowest BCUT2D eigenvalue weighted by molar-refractivity contribution is -0.159. The molecule has 2 aliphatic rings. The van der Waals surface area contributed by atoms with E-state index < -0.39 is 44.9 Å². The van der Waals surface area contributed by atoms with E-state index in [4.69, 9.17) is 10.8 Å². The molecular formula is C8H12N2O4S. The predicted molar refractivity (Wildman–Crippen MR) is 52.3 cm³/mol. The first kappa shape index (κ1) is 10.6. The summed E-state index contributed by atoms with van der Waals surface area (Å²) in [6.45, 7) is 3.17. The number of carboxylic acid groups (broad SMARTS) is 1. The molecule has 0 aromatic carbocycles. The number of carbonyl (C=O) groups is 2. The van der Waals surface area contributed by atoms with Crippen molar-refractivity contribution < 1.29 is 18.9 Å². The minimum absolute atomic E-state index is 0.425. The smallest absolute Gasteiger partial charge is 0.328 e. The Morgan fingerprint density at radius 3 is 2.60 bits per heavy atom. The van der Waals surface area contributed by atoms with Crippen LogP contribution < -0.4 is 5.73 Å². The van der Waals surface area contributed by atoms with E-state index in [-0.39, 0.29) is 0 Å². The molecule has 2 saturated heterocycles. The topological polar surface area (TPSA) is 101 Å². The van der Waals surface area contributed by atoms with E-state index in [1.54, 1.807) is 13.8 Å². The molecule has 2 heterocycles. The Labute approximate surface area is 88.9 Å². The summed E-state index contributed by atoms with van der Waals surface area (Å²) in [4.78, 5) is 23.6. The van der Waals surface area contributed by atoms with Crippen LogP contribution in [0.15, 0.2) is 0 Å². The van der Waals surface area contributed by atoms with E-state index in [1.165, 1.54) is 0 Å². The maximum absolute atomic E-state index is 11.9. The number of rotatable bonds is 1. The lowest BCUT2D eigenvalue weighted by Crippen LogP contribution is -2.69. The number of hydrogen-bond donors (Lipinski definition) is 2. The van der Waals surface area contributed by atoms with Crippen molar-refractivity contribution in [1.29, 1.82) is 0 Å². The van der Waals surface area contributed by atoms with Gasteiger partial charge in [0, 0.05) is 0 Å². The van der Waals surface area contributed by atoms with Gasteiger partial charge in [0.1, 0.15) is 17.5 Å². The summed E-state index contributed by atoms with van der Waals surface area (Å²) in [7, 11) is -1.42. The van der Waals surface area contributed by atoms with Gasteiger partial charge in [-0.25, -0.2) is 4.79 Å². The molecule has 2 fully saturated rings. The van der Waals surface area contributed by atoms with Gasteiger partial charge in [-0.3, -0.25) is 9.00 Å². The Balaban J connectivity index is 2.45. The second-order valence-electron chi connectivity index (χ2n) is 4.30. The fraction of sp³-hybridized carbons (Fsp3) is 0.750. The lowest BCUT2D eigenvalue weighted by Gasteiger charge is -2.40. The van der Waals surface area contributed by atoms with Crippen molar-refractivity contribution in [2.45, 2.75) is 36.1 Å². The molecule has 0 aliphatic carbocycles. The molecule has 0 spiro atoms. The molecule has 3 N–H and O–H groups in total. The van der Waals surface area contributed by atoms with Gasteiger partial charge in [0.2, 0.25) is 5.91 Å². The average Bonchev–Trinajstić information content (AvgIpc) is 2.32. The molecule has 1 unspecified atom stereocenters. The van der Waals surface area contributed by atoms with E-state index in [0.717, 1.165) is 4.90 Å². The molecule has 2 rings (SSSR count). The van der Waals surface area contributed by atoms with Crippen molar-refractivity contribution in [3.8, 4) is 0 Å². The van der Waals surface area contributed by atoms with Crippen LogP contribution in [0.4, 0.5) is 0 Å². The van der Waals surface area contributed by atoms with Crippen LogP contribution in [0.2, 0.25) is 0 Å². The summed E-state index contributed by atoms with van der Waals surface area (Å²) in [6, 6.07) is -1.84. The van der Waals surface area contributed by atoms with Gasteiger partial charge in [-0.1, -0.05) is 0 Å². The van der Waals surface area contributed by atoms with Crippen molar-refractivity contribution in [1.82, 2.24) is 4.90 Å². The number of fused-ring (bicyclic) bond motifs is 1. The minimum Gasteiger partial charge on any atom is -0.480 e. The monoisotopic (exact) mass is 232 g/mol. The highest BCUT2D eigenvalue weighted by Gasteiger charge is 2.66. The zero-order chi connectivity index (χ0) is 11.5. The zero-order valence-electron chi connectivity index (χ0n) is 8.34. The summed E-state index contributed by atoms with van der Waals surface area (Å²) in [5, 5.41) is 8.39. The zero-order valence-corrected chi connectivity index (χ0v) is 9.15. The molecule has 4 atom stereocenters. The summed E-state index contributed by atoms with van der Waals surface area (Å²) >= 11 is 0. The van der Waals surface area contributed by atoms with Gasteiger partial charge in [0.25, 0.3) is 0 Å². The summed E-state index contributed by atoms with van der Waals surface area (Å²) in [6.07, 6.45) is 0. The maximum Gasteiger partial charge on any atom is 0.328 e.